The normalized spacial score (nSPS) is 15.3. The number of para-hydroxylation sites is 2. The maximum atomic E-state index is 16.3. The van der Waals surface area contributed by atoms with Gasteiger partial charge in [0.2, 0.25) is 5.01 Å². The molecule has 0 atom stereocenters. The molecule has 0 amide bonds. The molecule has 2 heterocycles. The maximum Gasteiger partial charge on any atom is 0.738 e. The van der Waals surface area contributed by atoms with Crippen LogP contribution >= 0.6 is 11.3 Å². The zero-order valence-electron chi connectivity index (χ0n) is 16.1. The fourth-order valence-corrected chi connectivity index (χ4v) is 5.34. The smallest absolute Gasteiger partial charge is 0.389 e. The van der Waals surface area contributed by atoms with E-state index in [4.69, 9.17) is 0 Å². The highest BCUT2D eigenvalue weighted by molar-refractivity contribution is 7.19. The van der Waals surface area contributed by atoms with Crippen LogP contribution in [0.2, 0.25) is 0 Å². The lowest BCUT2D eigenvalue weighted by Gasteiger charge is -2.41. The summed E-state index contributed by atoms with van der Waals surface area (Å²) in [5, 5.41) is 0.567. The van der Waals surface area contributed by atoms with Crippen LogP contribution in [0.15, 0.2) is 72.8 Å². The molecule has 3 aromatic carbocycles. The van der Waals surface area contributed by atoms with Crippen LogP contribution in [0.5, 0.6) is 0 Å². The third-order valence-corrected chi connectivity index (χ3v) is 6.56. The summed E-state index contributed by atoms with van der Waals surface area (Å²) in [4.78, 5) is 1.26. The lowest BCUT2D eigenvalue weighted by atomic mass is 9.84. The summed E-state index contributed by atoms with van der Waals surface area (Å²) in [6, 6.07) is 22.5. The van der Waals surface area contributed by atoms with Crippen molar-refractivity contribution >= 4 is 46.0 Å². The van der Waals surface area contributed by atoms with Gasteiger partial charge in [0.15, 0.2) is 5.52 Å². The second kappa shape index (κ2) is 6.53. The summed E-state index contributed by atoms with van der Waals surface area (Å²) in [6.07, 6.45) is 1.89. The van der Waals surface area contributed by atoms with Crippen molar-refractivity contribution in [2.75, 3.05) is 4.81 Å². The first-order valence-corrected chi connectivity index (χ1v) is 10.4. The Labute approximate surface area is 172 Å². The lowest BCUT2D eigenvalue weighted by Crippen LogP contribution is -2.71. The summed E-state index contributed by atoms with van der Waals surface area (Å²) in [5.41, 5.74) is 4.10. The monoisotopic (exact) mass is 404 g/mol. The second-order valence-corrected chi connectivity index (χ2v) is 8.43. The molecular weight excluding hydrogens is 385 g/mol. The fourth-order valence-electron chi connectivity index (χ4n) is 4.20. The molecule has 0 saturated carbocycles. The molecule has 4 aromatic rings. The number of nitrogens with zero attached hydrogens (tertiary/aromatic N) is 2. The van der Waals surface area contributed by atoms with E-state index < -0.39 is 6.97 Å². The Morgan fingerprint density at radius 3 is 2.21 bits per heavy atom. The van der Waals surface area contributed by atoms with Crippen LogP contribution in [0.4, 0.5) is 14.3 Å². The van der Waals surface area contributed by atoms with Crippen molar-refractivity contribution in [3.63, 3.8) is 0 Å². The van der Waals surface area contributed by atoms with E-state index in [9.17, 15) is 0 Å². The molecule has 144 valence electrons. The highest BCUT2D eigenvalue weighted by atomic mass is 32.1. The molecule has 0 fully saturated rings. The summed E-state index contributed by atoms with van der Waals surface area (Å²) >= 11 is 1.40. The van der Waals surface area contributed by atoms with Crippen LogP contribution in [-0.2, 0) is 0 Å². The molecule has 5 rings (SSSR count). The van der Waals surface area contributed by atoms with E-state index in [2.05, 4.69) is 0 Å². The van der Waals surface area contributed by atoms with Gasteiger partial charge in [-0.3, -0.25) is 0 Å². The molecule has 6 heteroatoms. The molecule has 0 spiro atoms. The third kappa shape index (κ3) is 2.70. The number of hydrogen-bond acceptors (Lipinski definition) is 2. The minimum atomic E-state index is -4.09. The van der Waals surface area contributed by atoms with Gasteiger partial charge in [-0.15, -0.1) is 0 Å². The number of anilines is 1. The number of aromatic nitrogens is 1. The van der Waals surface area contributed by atoms with Crippen molar-refractivity contribution in [2.24, 2.45) is 0 Å². The Hall–Kier alpha value is -2.99. The zero-order chi connectivity index (χ0) is 20.2. The van der Waals surface area contributed by atoms with E-state index in [-0.39, 0.29) is 0 Å². The van der Waals surface area contributed by atoms with E-state index in [0.29, 0.717) is 21.9 Å². The molecule has 29 heavy (non-hydrogen) atoms. The summed E-state index contributed by atoms with van der Waals surface area (Å²) in [6.45, 7) is -0.308. The van der Waals surface area contributed by atoms with Crippen molar-refractivity contribution in [2.45, 2.75) is 13.8 Å². The minimum Gasteiger partial charge on any atom is -0.389 e. The minimum absolute atomic E-state index is 0.527. The van der Waals surface area contributed by atoms with Crippen molar-refractivity contribution < 1.29 is 13.1 Å². The SMILES string of the molecule is Cc1cccc(C)c1N1C(c2ccccc2)=Cc2sc3ccccc3[n+]2[B-]1(F)F. The van der Waals surface area contributed by atoms with E-state index in [1.165, 1.54) is 20.6 Å². The van der Waals surface area contributed by atoms with Gasteiger partial charge in [-0.05, 0) is 36.6 Å². The molecule has 0 bridgehead atoms. The predicted molar refractivity (Wildman–Crippen MR) is 118 cm³/mol. The van der Waals surface area contributed by atoms with E-state index in [0.717, 1.165) is 21.4 Å². The van der Waals surface area contributed by atoms with Gasteiger partial charge in [-0.2, -0.15) is 0 Å². The highest BCUT2D eigenvalue weighted by Gasteiger charge is 2.55. The topological polar surface area (TPSA) is 7.12 Å². The molecule has 1 aliphatic rings. The summed E-state index contributed by atoms with van der Waals surface area (Å²) < 4.78 is 34.7. The summed E-state index contributed by atoms with van der Waals surface area (Å²) in [7, 11) is 0. The van der Waals surface area contributed by atoms with Crippen LogP contribution in [-0.4, -0.2) is 6.97 Å². The van der Waals surface area contributed by atoms with Gasteiger partial charge in [0, 0.05) is 23.5 Å². The molecule has 1 aromatic heterocycles. The number of hydrogen-bond donors (Lipinski definition) is 0. The van der Waals surface area contributed by atoms with Crippen LogP contribution in [0.3, 0.4) is 0 Å². The number of halogens is 2. The molecule has 1 aliphatic heterocycles. The molecule has 0 radical (unpaired) electrons. The second-order valence-electron chi connectivity index (χ2n) is 7.37. The lowest BCUT2D eigenvalue weighted by molar-refractivity contribution is -0.535. The first-order chi connectivity index (χ1) is 14.0. The molecular formula is C23H19BF2N2S. The van der Waals surface area contributed by atoms with Gasteiger partial charge in [0.25, 0.3) is 0 Å². The number of aryl methyl sites for hydroxylation is 2. The van der Waals surface area contributed by atoms with Crippen LogP contribution < -0.4 is 9.29 Å². The average molecular weight is 404 g/mol. The third-order valence-electron chi connectivity index (χ3n) is 5.47. The van der Waals surface area contributed by atoms with Gasteiger partial charge in [-0.25, -0.2) is 0 Å². The first-order valence-electron chi connectivity index (χ1n) is 9.56. The molecule has 0 saturated heterocycles. The van der Waals surface area contributed by atoms with E-state index in [1.807, 2.05) is 86.7 Å². The first kappa shape index (κ1) is 18.1. The highest BCUT2D eigenvalue weighted by Crippen LogP contribution is 2.41. The molecule has 0 unspecified atom stereocenters. The van der Waals surface area contributed by atoms with Gasteiger partial charge in [0.05, 0.1) is 4.70 Å². The summed E-state index contributed by atoms with van der Waals surface area (Å²) in [5.74, 6) is 0. The van der Waals surface area contributed by atoms with Crippen molar-refractivity contribution in [3.05, 3.63) is 94.5 Å². The van der Waals surface area contributed by atoms with Crippen molar-refractivity contribution in [1.82, 2.24) is 0 Å². The standard InChI is InChI=1S/C23H19BF2N2S/c1-16-9-8-10-17(2)23(16)28-20(18-11-4-3-5-12-18)15-22-27(24(28,25)26)19-13-6-7-14-21(19)29-22/h3-15H,1-2H3. The van der Waals surface area contributed by atoms with E-state index >= 15 is 8.63 Å². The van der Waals surface area contributed by atoms with Crippen molar-refractivity contribution in [3.8, 4) is 0 Å². The zero-order valence-corrected chi connectivity index (χ0v) is 17.0. The Kier molecular flexibility index (Phi) is 4.07. The Bertz CT molecular complexity index is 1240. The number of benzene rings is 3. The average Bonchev–Trinajstić information content (AvgIpc) is 3.09. The Balaban J connectivity index is 1.87. The largest absolute Gasteiger partial charge is 0.738 e. The number of fused-ring (bicyclic) bond motifs is 3. The Morgan fingerprint density at radius 2 is 1.48 bits per heavy atom. The Morgan fingerprint density at radius 1 is 0.828 bits per heavy atom. The molecule has 0 aliphatic carbocycles. The molecule has 2 nitrogen and oxygen atoms in total. The predicted octanol–water partition coefficient (Wildman–Crippen LogP) is 6.05. The van der Waals surface area contributed by atoms with Crippen LogP contribution in [0.25, 0.3) is 22.0 Å². The van der Waals surface area contributed by atoms with E-state index in [1.54, 1.807) is 6.07 Å². The van der Waals surface area contributed by atoms with Gasteiger partial charge in [-0.1, -0.05) is 72.0 Å². The number of thiazole rings is 1. The van der Waals surface area contributed by atoms with Crippen LogP contribution in [0.1, 0.15) is 21.7 Å². The van der Waals surface area contributed by atoms with Gasteiger partial charge in [0.1, 0.15) is 0 Å². The fraction of sp³-hybridized carbons (Fsp3) is 0.0870. The quantitative estimate of drug-likeness (QED) is 0.369. The number of rotatable bonds is 2. The molecule has 0 N–H and O–H groups in total. The van der Waals surface area contributed by atoms with Gasteiger partial charge >= 0.3 is 6.97 Å². The van der Waals surface area contributed by atoms with Crippen LogP contribution in [0, 0.1) is 13.8 Å². The van der Waals surface area contributed by atoms with Gasteiger partial charge < -0.3 is 17.9 Å². The van der Waals surface area contributed by atoms with Crippen molar-refractivity contribution in [1.29, 1.82) is 0 Å². The maximum absolute atomic E-state index is 16.3.